The van der Waals surface area contributed by atoms with Gasteiger partial charge in [0.2, 0.25) is 0 Å². The van der Waals surface area contributed by atoms with Crippen molar-refractivity contribution in [2.75, 3.05) is 5.75 Å². The van der Waals surface area contributed by atoms with Crippen molar-refractivity contribution in [3.05, 3.63) is 35.4 Å². The van der Waals surface area contributed by atoms with Crippen LogP contribution in [0.4, 0.5) is 0 Å². The van der Waals surface area contributed by atoms with Gasteiger partial charge in [0.25, 0.3) is 0 Å². The normalized spacial score (nSPS) is 10.1. The number of hydrogen-bond acceptors (Lipinski definition) is 2. The van der Waals surface area contributed by atoms with Crippen molar-refractivity contribution >= 4 is 29.0 Å². The predicted molar refractivity (Wildman–Crippen MR) is 68.8 cm³/mol. The number of rotatable bonds is 5. The van der Waals surface area contributed by atoms with Gasteiger partial charge in [0.15, 0.2) is 0 Å². The number of thiocarbonyl (C=S) groups is 1. The average molecular weight is 225 g/mol. The molecule has 0 heterocycles. The minimum Gasteiger partial charge on any atom is -0.389 e. The summed E-state index contributed by atoms with van der Waals surface area (Å²) in [6.07, 6.45) is 1.21. The number of benzene rings is 1. The summed E-state index contributed by atoms with van der Waals surface area (Å²) in [7, 11) is 0. The van der Waals surface area contributed by atoms with Gasteiger partial charge in [0, 0.05) is 11.3 Å². The molecule has 76 valence electrons. The molecule has 1 rings (SSSR count). The molecule has 0 atom stereocenters. The van der Waals surface area contributed by atoms with Gasteiger partial charge >= 0.3 is 0 Å². The number of thioether (sulfide) groups is 1. The molecule has 2 N–H and O–H groups in total. The van der Waals surface area contributed by atoms with Gasteiger partial charge < -0.3 is 5.73 Å². The number of hydrogen-bond donors (Lipinski definition) is 1. The summed E-state index contributed by atoms with van der Waals surface area (Å²) in [5, 5.41) is 0. The molecule has 0 radical (unpaired) electrons. The van der Waals surface area contributed by atoms with Crippen LogP contribution in [-0.4, -0.2) is 10.7 Å². The molecule has 0 unspecified atom stereocenters. The fourth-order valence-electron chi connectivity index (χ4n) is 1.21. The van der Waals surface area contributed by atoms with E-state index in [2.05, 4.69) is 13.0 Å². The van der Waals surface area contributed by atoms with E-state index < -0.39 is 0 Å². The third kappa shape index (κ3) is 3.31. The van der Waals surface area contributed by atoms with E-state index in [4.69, 9.17) is 18.0 Å². The van der Waals surface area contributed by atoms with Gasteiger partial charge in [-0.25, -0.2) is 0 Å². The minimum atomic E-state index is 0.498. The van der Waals surface area contributed by atoms with Gasteiger partial charge in [0.05, 0.1) is 0 Å². The molecule has 1 nitrogen and oxygen atoms in total. The van der Waals surface area contributed by atoms with Crippen molar-refractivity contribution in [3.8, 4) is 0 Å². The lowest BCUT2D eigenvalue weighted by Gasteiger charge is -2.06. The van der Waals surface area contributed by atoms with E-state index in [0.717, 1.165) is 11.3 Å². The third-order valence-electron chi connectivity index (χ3n) is 1.89. The second-order valence-electron chi connectivity index (χ2n) is 3.07. The zero-order chi connectivity index (χ0) is 10.4. The lowest BCUT2D eigenvalue weighted by atomic mass is 10.1. The van der Waals surface area contributed by atoms with E-state index in [9.17, 15) is 0 Å². The van der Waals surface area contributed by atoms with Crippen LogP contribution in [0.2, 0.25) is 0 Å². The Labute approximate surface area is 95.1 Å². The maximum Gasteiger partial charge on any atom is 0.104 e. The van der Waals surface area contributed by atoms with Gasteiger partial charge in [-0.05, 0) is 17.7 Å². The Kier molecular flexibility index (Phi) is 4.98. The van der Waals surface area contributed by atoms with Crippen molar-refractivity contribution in [1.29, 1.82) is 0 Å². The molecule has 0 amide bonds. The van der Waals surface area contributed by atoms with E-state index in [1.807, 2.05) is 30.0 Å². The largest absolute Gasteiger partial charge is 0.389 e. The molecule has 0 saturated carbocycles. The quantitative estimate of drug-likeness (QED) is 0.616. The second-order valence-corrected chi connectivity index (χ2v) is 4.62. The summed E-state index contributed by atoms with van der Waals surface area (Å²) in [4.78, 5) is 0.498. The molecule has 14 heavy (non-hydrogen) atoms. The third-order valence-corrected chi connectivity index (χ3v) is 3.32. The zero-order valence-electron chi connectivity index (χ0n) is 8.32. The second kappa shape index (κ2) is 6.04. The first-order chi connectivity index (χ1) is 6.75. The van der Waals surface area contributed by atoms with Gasteiger partial charge in [-0.3, -0.25) is 0 Å². The molecule has 0 aliphatic heterocycles. The maximum atomic E-state index is 5.64. The lowest BCUT2D eigenvalue weighted by Crippen LogP contribution is -2.11. The fraction of sp³-hybridized carbons (Fsp3) is 0.364. The summed E-state index contributed by atoms with van der Waals surface area (Å²) in [6.45, 7) is 2.19. The predicted octanol–water partition coefficient (Wildman–Crippen LogP) is 2.96. The SMILES string of the molecule is CCCSCc1ccccc1C(N)=S. The van der Waals surface area contributed by atoms with Crippen LogP contribution in [0.3, 0.4) is 0 Å². The first-order valence-electron chi connectivity index (χ1n) is 4.71. The van der Waals surface area contributed by atoms with Gasteiger partial charge in [-0.15, -0.1) is 0 Å². The van der Waals surface area contributed by atoms with Crippen LogP contribution in [-0.2, 0) is 5.75 Å². The highest BCUT2D eigenvalue weighted by Gasteiger charge is 2.03. The van der Waals surface area contributed by atoms with Crippen LogP contribution in [0.15, 0.2) is 24.3 Å². The molecule has 1 aromatic rings. The summed E-state index contributed by atoms with van der Waals surface area (Å²) in [6, 6.07) is 8.09. The standard InChI is InChI=1S/C11H15NS2/c1-2-7-14-8-9-5-3-4-6-10(9)11(12)13/h3-6H,2,7-8H2,1H3,(H2,12,13). The molecule has 0 bridgehead atoms. The van der Waals surface area contributed by atoms with Crippen molar-refractivity contribution in [2.24, 2.45) is 5.73 Å². The molecule has 0 spiro atoms. The Morgan fingerprint density at radius 3 is 2.79 bits per heavy atom. The minimum absolute atomic E-state index is 0.498. The molecule has 1 aromatic carbocycles. The Balaban J connectivity index is 2.69. The lowest BCUT2D eigenvalue weighted by molar-refractivity contribution is 1.10. The highest BCUT2D eigenvalue weighted by atomic mass is 32.2. The molecule has 3 heteroatoms. The molecular weight excluding hydrogens is 210 g/mol. The topological polar surface area (TPSA) is 26.0 Å². The molecule has 0 aliphatic carbocycles. The highest BCUT2D eigenvalue weighted by molar-refractivity contribution is 7.98. The Morgan fingerprint density at radius 2 is 2.14 bits per heavy atom. The van der Waals surface area contributed by atoms with E-state index in [-0.39, 0.29) is 0 Å². The van der Waals surface area contributed by atoms with Crippen LogP contribution in [0.25, 0.3) is 0 Å². The van der Waals surface area contributed by atoms with Gasteiger partial charge in [-0.2, -0.15) is 11.8 Å². The van der Waals surface area contributed by atoms with E-state index in [0.29, 0.717) is 4.99 Å². The van der Waals surface area contributed by atoms with Crippen LogP contribution in [0.1, 0.15) is 24.5 Å². The van der Waals surface area contributed by atoms with Gasteiger partial charge in [-0.1, -0.05) is 43.4 Å². The molecule has 0 fully saturated rings. The van der Waals surface area contributed by atoms with E-state index >= 15 is 0 Å². The van der Waals surface area contributed by atoms with Crippen LogP contribution >= 0.6 is 24.0 Å². The van der Waals surface area contributed by atoms with Crippen LogP contribution in [0, 0.1) is 0 Å². The molecule has 0 saturated heterocycles. The maximum absolute atomic E-state index is 5.64. The van der Waals surface area contributed by atoms with Crippen LogP contribution < -0.4 is 5.73 Å². The summed E-state index contributed by atoms with van der Waals surface area (Å²) in [5.41, 5.74) is 7.91. The van der Waals surface area contributed by atoms with Crippen LogP contribution in [0.5, 0.6) is 0 Å². The summed E-state index contributed by atoms with van der Waals surface area (Å²) >= 11 is 6.92. The Hall–Kier alpha value is -0.540. The first kappa shape index (κ1) is 11.5. The van der Waals surface area contributed by atoms with Crippen molar-refractivity contribution in [3.63, 3.8) is 0 Å². The van der Waals surface area contributed by atoms with Crippen molar-refractivity contribution in [2.45, 2.75) is 19.1 Å². The smallest absolute Gasteiger partial charge is 0.104 e. The van der Waals surface area contributed by atoms with E-state index in [1.165, 1.54) is 17.7 Å². The summed E-state index contributed by atoms with van der Waals surface area (Å²) in [5.74, 6) is 2.19. The molecular formula is C11H15NS2. The highest BCUT2D eigenvalue weighted by Crippen LogP contribution is 2.17. The number of nitrogens with two attached hydrogens (primary N) is 1. The Morgan fingerprint density at radius 1 is 1.43 bits per heavy atom. The zero-order valence-corrected chi connectivity index (χ0v) is 9.96. The first-order valence-corrected chi connectivity index (χ1v) is 6.27. The van der Waals surface area contributed by atoms with Gasteiger partial charge in [0.1, 0.15) is 4.99 Å². The van der Waals surface area contributed by atoms with E-state index in [1.54, 1.807) is 0 Å². The van der Waals surface area contributed by atoms with Crippen molar-refractivity contribution < 1.29 is 0 Å². The fourth-order valence-corrected chi connectivity index (χ4v) is 2.32. The molecule has 0 aromatic heterocycles. The monoisotopic (exact) mass is 225 g/mol. The average Bonchev–Trinajstić information content (AvgIpc) is 2.19. The molecule has 0 aliphatic rings. The van der Waals surface area contributed by atoms with Crippen molar-refractivity contribution in [1.82, 2.24) is 0 Å². The summed E-state index contributed by atoms with van der Waals surface area (Å²) < 4.78 is 0. The Bertz CT molecular complexity index is 310.